The Kier molecular flexibility index (Phi) is 5.88. The summed E-state index contributed by atoms with van der Waals surface area (Å²) in [6.45, 7) is 2.54. The maximum Gasteiger partial charge on any atom is 0.312 e. The highest BCUT2D eigenvalue weighted by atomic mass is 16.5. The summed E-state index contributed by atoms with van der Waals surface area (Å²) in [5.74, 6) is -0.669. The molecule has 0 N–H and O–H groups in total. The van der Waals surface area contributed by atoms with Gasteiger partial charge < -0.3 is 9.64 Å². The number of piperidine rings is 1. The summed E-state index contributed by atoms with van der Waals surface area (Å²) in [4.78, 5) is 38.7. The molecule has 1 aliphatic heterocycles. The quantitative estimate of drug-likeness (QED) is 0.749. The predicted molar refractivity (Wildman–Crippen MR) is 101 cm³/mol. The molecular formula is C20H25N3O4. The number of hydrogen-bond donors (Lipinski definition) is 0. The van der Waals surface area contributed by atoms with Crippen LogP contribution in [-0.4, -0.2) is 45.8 Å². The van der Waals surface area contributed by atoms with Gasteiger partial charge in [-0.1, -0.05) is 25.1 Å². The Hall–Kier alpha value is -2.70. The summed E-state index contributed by atoms with van der Waals surface area (Å²) in [5.41, 5.74) is 0.253. The monoisotopic (exact) mass is 371 g/mol. The molecule has 1 aliphatic rings. The zero-order valence-corrected chi connectivity index (χ0v) is 15.8. The van der Waals surface area contributed by atoms with Gasteiger partial charge in [0.2, 0.25) is 0 Å². The van der Waals surface area contributed by atoms with Gasteiger partial charge in [-0.05, 0) is 31.7 Å². The molecule has 0 aliphatic carbocycles. The van der Waals surface area contributed by atoms with Crippen molar-refractivity contribution in [1.82, 2.24) is 14.7 Å². The molecule has 0 saturated carbocycles. The van der Waals surface area contributed by atoms with Crippen LogP contribution in [-0.2, 0) is 27.8 Å². The van der Waals surface area contributed by atoms with Crippen molar-refractivity contribution in [2.45, 2.75) is 45.1 Å². The van der Waals surface area contributed by atoms with Gasteiger partial charge in [-0.2, -0.15) is 5.10 Å². The van der Waals surface area contributed by atoms with E-state index in [1.54, 1.807) is 31.3 Å². The number of aryl methyl sites for hydroxylation is 1. The molecule has 1 aromatic carbocycles. The normalized spacial score (nSPS) is 17.1. The summed E-state index contributed by atoms with van der Waals surface area (Å²) >= 11 is 0. The first-order valence-electron chi connectivity index (χ1n) is 9.41. The minimum Gasteiger partial charge on any atom is -0.455 e. The molecule has 0 radical (unpaired) electrons. The van der Waals surface area contributed by atoms with E-state index in [4.69, 9.17) is 4.74 Å². The summed E-state index contributed by atoms with van der Waals surface area (Å²) in [5, 5.41) is 5.33. The molecule has 144 valence electrons. The van der Waals surface area contributed by atoms with Crippen LogP contribution in [0.2, 0.25) is 0 Å². The highest BCUT2D eigenvalue weighted by Crippen LogP contribution is 2.19. The molecule has 1 aromatic heterocycles. The summed E-state index contributed by atoms with van der Waals surface area (Å²) in [7, 11) is 1.55. The van der Waals surface area contributed by atoms with Gasteiger partial charge in [0.05, 0.1) is 17.5 Å². The van der Waals surface area contributed by atoms with Crippen molar-refractivity contribution in [2.75, 3.05) is 13.2 Å². The van der Waals surface area contributed by atoms with Gasteiger partial charge in [0.15, 0.2) is 6.61 Å². The molecular weight excluding hydrogens is 346 g/mol. The molecule has 1 amide bonds. The van der Waals surface area contributed by atoms with Crippen LogP contribution in [0.3, 0.4) is 0 Å². The van der Waals surface area contributed by atoms with Crippen molar-refractivity contribution in [3.8, 4) is 0 Å². The van der Waals surface area contributed by atoms with Crippen LogP contribution in [0.1, 0.15) is 38.3 Å². The third-order valence-electron chi connectivity index (χ3n) is 5.12. The number of benzene rings is 1. The number of carbonyl (C=O) groups excluding carboxylic acids is 2. The largest absolute Gasteiger partial charge is 0.455 e. The average molecular weight is 371 g/mol. The SMILES string of the molecule is CCC1CCCCN1C(=O)COC(=O)Cc1nn(C)c(=O)c2ccccc12. The Balaban J connectivity index is 1.66. The fourth-order valence-corrected chi connectivity index (χ4v) is 3.67. The molecule has 2 aromatic rings. The molecule has 7 heteroatoms. The molecule has 2 heterocycles. The number of nitrogens with zero attached hydrogens (tertiary/aromatic N) is 3. The van der Waals surface area contributed by atoms with E-state index in [-0.39, 0.29) is 30.5 Å². The van der Waals surface area contributed by atoms with E-state index < -0.39 is 5.97 Å². The fraction of sp³-hybridized carbons (Fsp3) is 0.500. The van der Waals surface area contributed by atoms with Crippen LogP contribution in [0.5, 0.6) is 0 Å². The highest BCUT2D eigenvalue weighted by molar-refractivity contribution is 5.87. The molecule has 3 rings (SSSR count). The molecule has 7 nitrogen and oxygen atoms in total. The molecule has 1 atom stereocenters. The summed E-state index contributed by atoms with van der Waals surface area (Å²) < 4.78 is 6.43. The third-order valence-corrected chi connectivity index (χ3v) is 5.12. The van der Waals surface area contributed by atoms with E-state index in [1.807, 2.05) is 4.90 Å². The van der Waals surface area contributed by atoms with Crippen molar-refractivity contribution < 1.29 is 14.3 Å². The molecule has 1 fully saturated rings. The number of hydrogen-bond acceptors (Lipinski definition) is 5. The lowest BCUT2D eigenvalue weighted by Gasteiger charge is -2.35. The Morgan fingerprint density at radius 2 is 1.96 bits per heavy atom. The average Bonchev–Trinajstić information content (AvgIpc) is 2.70. The highest BCUT2D eigenvalue weighted by Gasteiger charge is 2.26. The standard InChI is InChI=1S/C20H25N3O4/c1-3-14-8-6-7-11-23(14)18(24)13-27-19(25)12-17-15-9-4-5-10-16(15)20(26)22(2)21-17/h4-5,9-10,14H,3,6-8,11-13H2,1-2H3. The number of carbonyl (C=O) groups is 2. The number of amides is 1. The summed E-state index contributed by atoms with van der Waals surface area (Å²) in [6.07, 6.45) is 3.95. The van der Waals surface area contributed by atoms with Crippen LogP contribution in [0.25, 0.3) is 10.8 Å². The predicted octanol–water partition coefficient (Wildman–Crippen LogP) is 1.81. The zero-order chi connectivity index (χ0) is 19.4. The molecule has 1 saturated heterocycles. The van der Waals surface area contributed by atoms with Crippen LogP contribution in [0, 0.1) is 0 Å². The van der Waals surface area contributed by atoms with E-state index in [1.165, 1.54) is 4.68 Å². The van der Waals surface area contributed by atoms with E-state index in [0.717, 1.165) is 32.2 Å². The van der Waals surface area contributed by atoms with E-state index in [9.17, 15) is 14.4 Å². The van der Waals surface area contributed by atoms with E-state index >= 15 is 0 Å². The zero-order valence-electron chi connectivity index (χ0n) is 15.8. The lowest BCUT2D eigenvalue weighted by atomic mass is 10.00. The maximum atomic E-state index is 12.4. The molecule has 0 spiro atoms. The maximum absolute atomic E-state index is 12.4. The van der Waals surface area contributed by atoms with Gasteiger partial charge in [0, 0.05) is 25.0 Å². The minimum absolute atomic E-state index is 0.0842. The molecule has 1 unspecified atom stereocenters. The van der Waals surface area contributed by atoms with Crippen LogP contribution < -0.4 is 5.56 Å². The van der Waals surface area contributed by atoms with Crippen molar-refractivity contribution in [3.05, 3.63) is 40.3 Å². The first kappa shape index (κ1) is 19.1. The smallest absolute Gasteiger partial charge is 0.312 e. The Morgan fingerprint density at radius 1 is 1.22 bits per heavy atom. The van der Waals surface area contributed by atoms with Gasteiger partial charge >= 0.3 is 5.97 Å². The molecule has 0 bridgehead atoms. The number of aromatic nitrogens is 2. The molecule has 27 heavy (non-hydrogen) atoms. The lowest BCUT2D eigenvalue weighted by molar-refractivity contribution is -0.153. The number of fused-ring (bicyclic) bond motifs is 1. The number of rotatable bonds is 5. The van der Waals surface area contributed by atoms with Gasteiger partial charge in [0.1, 0.15) is 0 Å². The third kappa shape index (κ3) is 4.18. The topological polar surface area (TPSA) is 81.5 Å². The Bertz CT molecular complexity index is 906. The van der Waals surface area contributed by atoms with E-state index in [0.29, 0.717) is 16.5 Å². The van der Waals surface area contributed by atoms with Crippen molar-refractivity contribution in [3.63, 3.8) is 0 Å². The van der Waals surface area contributed by atoms with Crippen molar-refractivity contribution >= 4 is 22.6 Å². The van der Waals surface area contributed by atoms with Gasteiger partial charge in [-0.25, -0.2) is 4.68 Å². The Morgan fingerprint density at radius 3 is 2.70 bits per heavy atom. The second kappa shape index (κ2) is 8.33. The first-order chi connectivity index (χ1) is 13.0. The summed E-state index contributed by atoms with van der Waals surface area (Å²) in [6, 6.07) is 7.27. The second-order valence-electron chi connectivity index (χ2n) is 6.90. The van der Waals surface area contributed by atoms with Gasteiger partial charge in [-0.3, -0.25) is 14.4 Å². The van der Waals surface area contributed by atoms with Crippen molar-refractivity contribution in [1.29, 1.82) is 0 Å². The van der Waals surface area contributed by atoms with E-state index in [2.05, 4.69) is 12.0 Å². The number of esters is 1. The first-order valence-corrected chi connectivity index (χ1v) is 9.41. The number of ether oxygens (including phenoxy) is 1. The van der Waals surface area contributed by atoms with Crippen LogP contribution >= 0.6 is 0 Å². The minimum atomic E-state index is -0.523. The van der Waals surface area contributed by atoms with Gasteiger partial charge in [0.25, 0.3) is 11.5 Å². The Labute approximate surface area is 157 Å². The van der Waals surface area contributed by atoms with Gasteiger partial charge in [-0.15, -0.1) is 0 Å². The second-order valence-corrected chi connectivity index (χ2v) is 6.90. The van der Waals surface area contributed by atoms with Crippen molar-refractivity contribution in [2.24, 2.45) is 7.05 Å². The fourth-order valence-electron chi connectivity index (χ4n) is 3.67. The lowest BCUT2D eigenvalue weighted by Crippen LogP contribution is -2.45. The van der Waals surface area contributed by atoms with Crippen LogP contribution in [0.4, 0.5) is 0 Å². The number of likely N-dealkylation sites (tertiary alicyclic amines) is 1. The van der Waals surface area contributed by atoms with Crippen LogP contribution in [0.15, 0.2) is 29.1 Å².